The number of rotatable bonds is 5. The monoisotopic (exact) mass is 392 g/mol. The lowest BCUT2D eigenvalue weighted by molar-refractivity contribution is -0.122. The summed E-state index contributed by atoms with van der Waals surface area (Å²) in [5.74, 6) is 0.424. The first-order chi connectivity index (χ1) is 13.9. The van der Waals surface area contributed by atoms with Crippen LogP contribution in [0.5, 0.6) is 0 Å². The number of carbonyl (C=O) groups is 1. The number of benzene rings is 2. The van der Waals surface area contributed by atoms with Gasteiger partial charge in [-0.25, -0.2) is 9.37 Å². The molecule has 1 aliphatic carbocycles. The van der Waals surface area contributed by atoms with Crippen LogP contribution in [-0.4, -0.2) is 10.9 Å². The molecule has 0 bridgehead atoms. The summed E-state index contributed by atoms with van der Waals surface area (Å²) in [6.45, 7) is 4.50. The molecular formula is C24H25FN2O2. The van der Waals surface area contributed by atoms with Gasteiger partial charge in [-0.15, -0.1) is 0 Å². The molecule has 1 aliphatic rings. The van der Waals surface area contributed by atoms with Crippen LogP contribution in [0.3, 0.4) is 0 Å². The Hall–Kier alpha value is -2.95. The number of hydrogen-bond acceptors (Lipinski definition) is 3. The van der Waals surface area contributed by atoms with Crippen molar-refractivity contribution < 1.29 is 13.6 Å². The van der Waals surface area contributed by atoms with Crippen LogP contribution in [0.4, 0.5) is 4.39 Å². The van der Waals surface area contributed by atoms with Crippen LogP contribution in [0, 0.1) is 5.82 Å². The molecule has 0 spiro atoms. The molecule has 0 saturated carbocycles. The van der Waals surface area contributed by atoms with Crippen LogP contribution in [0.15, 0.2) is 59.1 Å². The number of fused-ring (bicyclic) bond motifs is 1. The highest BCUT2D eigenvalue weighted by molar-refractivity contribution is 5.76. The summed E-state index contributed by atoms with van der Waals surface area (Å²) < 4.78 is 19.5. The Morgan fingerprint density at radius 3 is 2.79 bits per heavy atom. The second-order valence-corrected chi connectivity index (χ2v) is 8.23. The molecule has 0 saturated heterocycles. The second kappa shape index (κ2) is 7.82. The first-order valence-corrected chi connectivity index (χ1v) is 10.0. The van der Waals surface area contributed by atoms with Crippen molar-refractivity contribution in [3.05, 3.63) is 77.6 Å². The summed E-state index contributed by atoms with van der Waals surface area (Å²) in [4.78, 5) is 16.7. The summed E-state index contributed by atoms with van der Waals surface area (Å²) in [6.07, 6.45) is 4.11. The summed E-state index contributed by atoms with van der Waals surface area (Å²) in [5.41, 5.74) is 3.00. The van der Waals surface area contributed by atoms with Gasteiger partial charge in [0.05, 0.1) is 17.8 Å². The lowest BCUT2D eigenvalue weighted by Gasteiger charge is -2.37. The summed E-state index contributed by atoms with van der Waals surface area (Å²) in [7, 11) is 0. The fraction of sp³-hybridized carbons (Fsp3) is 0.333. The lowest BCUT2D eigenvalue weighted by atomic mass is 9.71. The Labute approximate surface area is 170 Å². The van der Waals surface area contributed by atoms with E-state index < -0.39 is 0 Å². The molecule has 4 nitrogen and oxygen atoms in total. The molecule has 0 radical (unpaired) electrons. The third kappa shape index (κ3) is 4.09. The van der Waals surface area contributed by atoms with E-state index in [2.05, 4.69) is 42.3 Å². The van der Waals surface area contributed by atoms with E-state index in [1.165, 1.54) is 23.4 Å². The van der Waals surface area contributed by atoms with E-state index in [0.717, 1.165) is 12.8 Å². The van der Waals surface area contributed by atoms with Gasteiger partial charge >= 0.3 is 0 Å². The molecule has 1 atom stereocenters. The Morgan fingerprint density at radius 2 is 1.97 bits per heavy atom. The van der Waals surface area contributed by atoms with Gasteiger partial charge in [0.15, 0.2) is 11.7 Å². The van der Waals surface area contributed by atoms with Gasteiger partial charge in [-0.3, -0.25) is 4.79 Å². The Morgan fingerprint density at radius 1 is 1.21 bits per heavy atom. The van der Waals surface area contributed by atoms with Gasteiger partial charge in [0, 0.05) is 12.8 Å². The zero-order valence-corrected chi connectivity index (χ0v) is 16.7. The Balaban J connectivity index is 1.39. The van der Waals surface area contributed by atoms with Crippen molar-refractivity contribution in [2.24, 2.45) is 0 Å². The number of carbonyl (C=O) groups excluding carboxylic acids is 1. The van der Waals surface area contributed by atoms with Crippen LogP contribution < -0.4 is 5.32 Å². The van der Waals surface area contributed by atoms with Gasteiger partial charge in [0.2, 0.25) is 5.91 Å². The van der Waals surface area contributed by atoms with E-state index in [0.29, 0.717) is 23.6 Å². The molecule has 0 fully saturated rings. The van der Waals surface area contributed by atoms with Crippen LogP contribution >= 0.6 is 0 Å². The van der Waals surface area contributed by atoms with Crippen molar-refractivity contribution in [1.82, 2.24) is 10.3 Å². The van der Waals surface area contributed by atoms with E-state index in [9.17, 15) is 9.18 Å². The summed E-state index contributed by atoms with van der Waals surface area (Å²) in [5, 5.41) is 3.16. The fourth-order valence-corrected chi connectivity index (χ4v) is 4.06. The SMILES string of the molecule is CC1(C)CCC(NC(=O)CCc2ncc(-c3ccccc3F)o2)c2ccccc21. The first kappa shape index (κ1) is 19.4. The zero-order valence-electron chi connectivity index (χ0n) is 16.7. The van der Waals surface area contributed by atoms with Crippen molar-refractivity contribution in [2.75, 3.05) is 0 Å². The smallest absolute Gasteiger partial charge is 0.220 e. The third-order valence-corrected chi connectivity index (χ3v) is 5.72. The largest absolute Gasteiger partial charge is 0.441 e. The third-order valence-electron chi connectivity index (χ3n) is 5.72. The summed E-state index contributed by atoms with van der Waals surface area (Å²) >= 11 is 0. The highest BCUT2D eigenvalue weighted by Gasteiger charge is 2.32. The number of hydrogen-bond donors (Lipinski definition) is 1. The average Bonchev–Trinajstić information content (AvgIpc) is 3.18. The van der Waals surface area contributed by atoms with E-state index in [1.54, 1.807) is 18.2 Å². The van der Waals surface area contributed by atoms with Crippen molar-refractivity contribution in [3.8, 4) is 11.3 Å². The normalized spacial score (nSPS) is 17.6. The highest BCUT2D eigenvalue weighted by Crippen LogP contribution is 2.41. The maximum Gasteiger partial charge on any atom is 0.220 e. The zero-order chi connectivity index (χ0) is 20.4. The predicted octanol–water partition coefficient (Wildman–Crippen LogP) is 5.34. The lowest BCUT2D eigenvalue weighted by Crippen LogP contribution is -2.35. The van der Waals surface area contributed by atoms with Crippen LogP contribution in [0.25, 0.3) is 11.3 Å². The molecule has 29 heavy (non-hydrogen) atoms. The number of aryl methyl sites for hydroxylation is 1. The molecule has 5 heteroatoms. The average molecular weight is 392 g/mol. The maximum atomic E-state index is 13.9. The molecule has 1 unspecified atom stereocenters. The minimum atomic E-state index is -0.355. The fourth-order valence-electron chi connectivity index (χ4n) is 4.06. The molecule has 0 aliphatic heterocycles. The number of amides is 1. The van der Waals surface area contributed by atoms with Crippen LogP contribution in [-0.2, 0) is 16.6 Å². The highest BCUT2D eigenvalue weighted by atomic mass is 19.1. The molecule has 1 heterocycles. The second-order valence-electron chi connectivity index (χ2n) is 8.23. The molecule has 3 aromatic rings. The number of nitrogens with zero attached hydrogens (tertiary/aromatic N) is 1. The summed E-state index contributed by atoms with van der Waals surface area (Å²) in [6, 6.07) is 14.8. The number of halogens is 1. The van der Waals surface area contributed by atoms with Crippen LogP contribution in [0.2, 0.25) is 0 Å². The quantitative estimate of drug-likeness (QED) is 0.637. The number of aromatic nitrogens is 1. The van der Waals surface area contributed by atoms with E-state index in [4.69, 9.17) is 4.42 Å². The minimum absolute atomic E-state index is 0.0323. The van der Waals surface area contributed by atoms with E-state index >= 15 is 0 Å². The van der Waals surface area contributed by atoms with Gasteiger partial charge in [0.25, 0.3) is 0 Å². The van der Waals surface area contributed by atoms with Crippen molar-refractivity contribution in [3.63, 3.8) is 0 Å². The van der Waals surface area contributed by atoms with E-state index in [-0.39, 0.29) is 29.6 Å². The molecule has 1 N–H and O–H groups in total. The van der Waals surface area contributed by atoms with Crippen molar-refractivity contribution >= 4 is 5.91 Å². The Kier molecular flexibility index (Phi) is 5.22. The molecule has 1 aromatic heterocycles. The first-order valence-electron chi connectivity index (χ1n) is 10.0. The van der Waals surface area contributed by atoms with Gasteiger partial charge < -0.3 is 9.73 Å². The van der Waals surface area contributed by atoms with Crippen molar-refractivity contribution in [1.29, 1.82) is 0 Å². The van der Waals surface area contributed by atoms with Crippen LogP contribution in [0.1, 0.15) is 56.2 Å². The van der Waals surface area contributed by atoms with Gasteiger partial charge in [-0.05, 0) is 41.5 Å². The predicted molar refractivity (Wildman–Crippen MR) is 110 cm³/mol. The number of nitrogens with one attached hydrogen (secondary N) is 1. The van der Waals surface area contributed by atoms with Crippen molar-refractivity contribution in [2.45, 2.75) is 51.0 Å². The minimum Gasteiger partial charge on any atom is -0.441 e. The molecular weight excluding hydrogens is 367 g/mol. The standard InChI is InChI=1S/C24H25FN2O2/c1-24(2)14-13-20(16-7-3-5-9-18(16)24)27-22(28)11-12-23-26-15-21(29-23)17-8-4-6-10-19(17)25/h3-10,15,20H,11-14H2,1-2H3,(H,27,28). The maximum absolute atomic E-state index is 13.9. The molecule has 150 valence electrons. The van der Waals surface area contributed by atoms with Gasteiger partial charge in [0.1, 0.15) is 5.82 Å². The molecule has 1 amide bonds. The van der Waals surface area contributed by atoms with E-state index in [1.807, 2.05) is 6.07 Å². The topological polar surface area (TPSA) is 55.1 Å². The number of oxazole rings is 1. The molecule has 4 rings (SSSR count). The Bertz CT molecular complexity index is 1020. The van der Waals surface area contributed by atoms with Gasteiger partial charge in [-0.2, -0.15) is 0 Å². The molecule has 2 aromatic carbocycles. The van der Waals surface area contributed by atoms with Gasteiger partial charge in [-0.1, -0.05) is 50.2 Å².